The van der Waals surface area contributed by atoms with Gasteiger partial charge < -0.3 is 10.8 Å². The molecule has 0 heterocycles. The fourth-order valence-electron chi connectivity index (χ4n) is 1.00. The maximum Gasteiger partial charge on any atom is 1.00 e. The Bertz CT molecular complexity index is 228. The van der Waals surface area contributed by atoms with Crippen LogP contribution in [-0.4, -0.2) is 6.54 Å². The molecule has 0 aromatic heterocycles. The van der Waals surface area contributed by atoms with Crippen LogP contribution in [0.2, 0.25) is 0 Å². The third-order valence-corrected chi connectivity index (χ3v) is 1.62. The standard InChI is InChI=1S/C9H13NO.Na/c10-7-3-5-8-4-1-2-6-9(8)11;/h1-2,4,6,11H,3,5,7,10H2;/q;+1/p-1. The number of hydrogen-bond donors (Lipinski definition) is 1. The first-order valence-corrected chi connectivity index (χ1v) is 3.79. The van der Waals surface area contributed by atoms with Gasteiger partial charge in [-0.25, -0.2) is 0 Å². The second-order valence-corrected chi connectivity index (χ2v) is 2.50. The van der Waals surface area contributed by atoms with Gasteiger partial charge in [-0.2, -0.15) is 0 Å². The van der Waals surface area contributed by atoms with E-state index in [1.165, 1.54) is 0 Å². The minimum Gasteiger partial charge on any atom is -0.872 e. The van der Waals surface area contributed by atoms with Crippen LogP contribution < -0.4 is 40.4 Å². The van der Waals surface area contributed by atoms with E-state index in [2.05, 4.69) is 0 Å². The summed E-state index contributed by atoms with van der Waals surface area (Å²) in [7, 11) is 0. The van der Waals surface area contributed by atoms with Crippen LogP contribution in [0.3, 0.4) is 0 Å². The molecule has 0 aliphatic heterocycles. The summed E-state index contributed by atoms with van der Waals surface area (Å²) in [6.07, 6.45) is 1.69. The summed E-state index contributed by atoms with van der Waals surface area (Å²) >= 11 is 0. The summed E-state index contributed by atoms with van der Waals surface area (Å²) in [5.41, 5.74) is 6.20. The van der Waals surface area contributed by atoms with E-state index in [-0.39, 0.29) is 35.3 Å². The molecule has 0 amide bonds. The molecule has 0 fully saturated rings. The van der Waals surface area contributed by atoms with Crippen molar-refractivity contribution >= 4 is 0 Å². The summed E-state index contributed by atoms with van der Waals surface area (Å²) < 4.78 is 0. The molecule has 0 aliphatic carbocycles. The van der Waals surface area contributed by atoms with Crippen LogP contribution in [0.5, 0.6) is 5.75 Å². The first kappa shape index (κ1) is 12.0. The summed E-state index contributed by atoms with van der Waals surface area (Å²) in [5, 5.41) is 11.1. The predicted octanol–water partition coefficient (Wildman–Crippen LogP) is -2.34. The SMILES string of the molecule is NCCCc1ccccc1[O-].[Na+]. The minimum absolute atomic E-state index is 0. The molecule has 2 N–H and O–H groups in total. The molecule has 0 bridgehead atoms. The van der Waals surface area contributed by atoms with Gasteiger partial charge in [-0.3, -0.25) is 0 Å². The second-order valence-electron chi connectivity index (χ2n) is 2.50. The molecule has 0 radical (unpaired) electrons. The zero-order chi connectivity index (χ0) is 8.10. The van der Waals surface area contributed by atoms with Gasteiger partial charge in [0.05, 0.1) is 0 Å². The van der Waals surface area contributed by atoms with Crippen LogP contribution in [-0.2, 0) is 6.42 Å². The van der Waals surface area contributed by atoms with Crippen molar-refractivity contribution in [1.82, 2.24) is 0 Å². The molecule has 0 aliphatic rings. The van der Waals surface area contributed by atoms with Crippen molar-refractivity contribution in [3.63, 3.8) is 0 Å². The summed E-state index contributed by atoms with van der Waals surface area (Å²) in [6.45, 7) is 0.647. The zero-order valence-electron chi connectivity index (χ0n) is 7.42. The van der Waals surface area contributed by atoms with Crippen molar-refractivity contribution in [3.8, 4) is 5.75 Å². The molecule has 1 aromatic carbocycles. The molecule has 1 aromatic rings. The van der Waals surface area contributed by atoms with Gasteiger partial charge in [0.2, 0.25) is 0 Å². The van der Waals surface area contributed by atoms with Gasteiger partial charge in [0.25, 0.3) is 0 Å². The van der Waals surface area contributed by atoms with Gasteiger partial charge >= 0.3 is 29.6 Å². The molecular formula is C9H12NNaO. The Morgan fingerprint density at radius 2 is 1.92 bits per heavy atom. The van der Waals surface area contributed by atoms with Gasteiger partial charge in [-0.1, -0.05) is 29.8 Å². The molecular weight excluding hydrogens is 161 g/mol. The molecule has 3 heteroatoms. The fraction of sp³-hybridized carbons (Fsp3) is 0.333. The van der Waals surface area contributed by atoms with E-state index in [1.807, 2.05) is 12.1 Å². The molecule has 0 unspecified atom stereocenters. The smallest absolute Gasteiger partial charge is 0.872 e. The second kappa shape index (κ2) is 6.49. The maximum atomic E-state index is 11.1. The van der Waals surface area contributed by atoms with E-state index in [9.17, 15) is 5.11 Å². The minimum atomic E-state index is 0. The molecule has 60 valence electrons. The van der Waals surface area contributed by atoms with E-state index in [0.717, 1.165) is 18.4 Å². The van der Waals surface area contributed by atoms with Crippen molar-refractivity contribution in [1.29, 1.82) is 0 Å². The van der Waals surface area contributed by atoms with Gasteiger partial charge in [0.15, 0.2) is 0 Å². The molecule has 0 atom stereocenters. The number of rotatable bonds is 3. The van der Waals surface area contributed by atoms with Crippen LogP contribution in [0.15, 0.2) is 24.3 Å². The molecule has 12 heavy (non-hydrogen) atoms. The largest absolute Gasteiger partial charge is 1.00 e. The van der Waals surface area contributed by atoms with Crippen LogP contribution in [0, 0.1) is 0 Å². The molecule has 0 saturated carbocycles. The van der Waals surface area contributed by atoms with Gasteiger partial charge in [0, 0.05) is 0 Å². The molecule has 0 spiro atoms. The first-order chi connectivity index (χ1) is 5.34. The first-order valence-electron chi connectivity index (χ1n) is 3.79. The normalized spacial score (nSPS) is 9.08. The molecule has 2 nitrogen and oxygen atoms in total. The quantitative estimate of drug-likeness (QED) is 0.520. The Kier molecular flexibility index (Phi) is 6.48. The van der Waals surface area contributed by atoms with E-state index >= 15 is 0 Å². The molecule has 0 saturated heterocycles. The van der Waals surface area contributed by atoms with E-state index in [0.29, 0.717) is 6.54 Å². The Balaban J connectivity index is 0.00000121. The Morgan fingerprint density at radius 3 is 2.50 bits per heavy atom. The number of para-hydroxylation sites is 1. The fourth-order valence-corrected chi connectivity index (χ4v) is 1.00. The monoisotopic (exact) mass is 173 g/mol. The van der Waals surface area contributed by atoms with Gasteiger partial charge in [-0.15, -0.1) is 5.75 Å². The summed E-state index contributed by atoms with van der Waals surface area (Å²) in [4.78, 5) is 0. The predicted molar refractivity (Wildman–Crippen MR) is 43.3 cm³/mol. The van der Waals surface area contributed by atoms with Crippen molar-refractivity contribution in [2.45, 2.75) is 12.8 Å². The van der Waals surface area contributed by atoms with Gasteiger partial charge in [-0.05, 0) is 19.4 Å². The Morgan fingerprint density at radius 1 is 1.25 bits per heavy atom. The average molecular weight is 173 g/mol. The van der Waals surface area contributed by atoms with Crippen molar-refractivity contribution in [2.24, 2.45) is 5.73 Å². The van der Waals surface area contributed by atoms with Gasteiger partial charge in [0.1, 0.15) is 0 Å². The van der Waals surface area contributed by atoms with Crippen LogP contribution in [0.4, 0.5) is 0 Å². The number of hydrogen-bond acceptors (Lipinski definition) is 2. The van der Waals surface area contributed by atoms with E-state index in [4.69, 9.17) is 5.73 Å². The Hall–Kier alpha value is -0.0200. The topological polar surface area (TPSA) is 49.1 Å². The van der Waals surface area contributed by atoms with Crippen LogP contribution in [0.1, 0.15) is 12.0 Å². The van der Waals surface area contributed by atoms with Crippen LogP contribution in [0.25, 0.3) is 0 Å². The van der Waals surface area contributed by atoms with E-state index < -0.39 is 0 Å². The average Bonchev–Trinajstić information content (AvgIpc) is 2.03. The third-order valence-electron chi connectivity index (χ3n) is 1.62. The molecule has 1 rings (SSSR count). The number of nitrogens with two attached hydrogens (primary N) is 1. The number of benzene rings is 1. The van der Waals surface area contributed by atoms with Crippen molar-refractivity contribution < 1.29 is 34.7 Å². The Labute approximate surface area is 95.1 Å². The summed E-state index contributed by atoms with van der Waals surface area (Å²) in [5.74, 6) is 0.126. The van der Waals surface area contributed by atoms with E-state index in [1.54, 1.807) is 12.1 Å². The van der Waals surface area contributed by atoms with Crippen molar-refractivity contribution in [2.75, 3.05) is 6.54 Å². The van der Waals surface area contributed by atoms with Crippen LogP contribution >= 0.6 is 0 Å². The van der Waals surface area contributed by atoms with Crippen molar-refractivity contribution in [3.05, 3.63) is 29.8 Å². The zero-order valence-corrected chi connectivity index (χ0v) is 9.42. The maximum absolute atomic E-state index is 11.1. The number of aryl methyl sites for hydroxylation is 1. The third kappa shape index (κ3) is 3.59. The summed E-state index contributed by atoms with van der Waals surface area (Å²) in [6, 6.07) is 7.09.